The molecule has 0 aliphatic carbocycles. The number of hydrogen-bond donors (Lipinski definition) is 1. The Balaban J connectivity index is 1.42. The number of nitrogens with one attached hydrogen (secondary N) is 1. The van der Waals surface area contributed by atoms with Crippen LogP contribution in [0.2, 0.25) is 0 Å². The first-order valence-corrected chi connectivity index (χ1v) is 9.84. The average molecular weight is 342 g/mol. The molecule has 2 fully saturated rings. The zero-order valence-electron chi connectivity index (χ0n) is 15.5. The van der Waals surface area contributed by atoms with Gasteiger partial charge < -0.3 is 15.0 Å². The monoisotopic (exact) mass is 342 g/mol. The van der Waals surface area contributed by atoms with Gasteiger partial charge in [-0.2, -0.15) is 0 Å². The number of likely N-dealkylation sites (tertiary alicyclic amines) is 1. The predicted octanol–water partition coefficient (Wildman–Crippen LogP) is 3.68. The third-order valence-electron chi connectivity index (χ3n) is 6.33. The smallest absolute Gasteiger partial charge is 0.190 e. The molecule has 2 saturated heterocycles. The third kappa shape index (κ3) is 3.22. The average Bonchev–Trinajstić information content (AvgIpc) is 2.90. The molecule has 0 aromatic heterocycles. The van der Waals surface area contributed by atoms with Gasteiger partial charge in [0.25, 0.3) is 0 Å². The molecule has 1 spiro atoms. The fourth-order valence-electron chi connectivity index (χ4n) is 4.55. The number of rotatable bonds is 3. The molecule has 0 saturated carbocycles. The number of Topliss-reactive ketones (excluding diaryl/α,β-unsaturated/α-hetero) is 1. The van der Waals surface area contributed by atoms with Gasteiger partial charge in [-0.3, -0.25) is 4.79 Å². The van der Waals surface area contributed by atoms with E-state index in [1.807, 2.05) is 0 Å². The van der Waals surface area contributed by atoms with E-state index >= 15 is 0 Å². The second-order valence-corrected chi connectivity index (χ2v) is 8.35. The van der Waals surface area contributed by atoms with Crippen molar-refractivity contribution in [1.29, 1.82) is 0 Å². The first-order chi connectivity index (χ1) is 12.1. The van der Waals surface area contributed by atoms with Gasteiger partial charge in [0.15, 0.2) is 5.78 Å². The van der Waals surface area contributed by atoms with Gasteiger partial charge in [-0.05, 0) is 55.2 Å². The first kappa shape index (κ1) is 17.0. The van der Waals surface area contributed by atoms with Crippen molar-refractivity contribution < 1.29 is 9.53 Å². The second kappa shape index (κ2) is 6.73. The van der Waals surface area contributed by atoms with Crippen molar-refractivity contribution in [2.75, 3.05) is 38.2 Å². The summed E-state index contributed by atoms with van der Waals surface area (Å²) in [6.45, 7) is 9.38. The van der Waals surface area contributed by atoms with Crippen LogP contribution in [-0.2, 0) is 4.74 Å². The Labute approximate surface area is 150 Å². The Morgan fingerprint density at radius 3 is 2.64 bits per heavy atom. The lowest BCUT2D eigenvalue weighted by Gasteiger charge is -2.40. The maximum absolute atomic E-state index is 13.1. The maximum Gasteiger partial charge on any atom is 0.190 e. The highest BCUT2D eigenvalue weighted by Gasteiger charge is 2.47. The van der Waals surface area contributed by atoms with Crippen molar-refractivity contribution in [3.8, 4) is 0 Å². The van der Waals surface area contributed by atoms with E-state index in [0.29, 0.717) is 11.7 Å². The lowest BCUT2D eigenvalue weighted by Crippen LogP contribution is -2.52. The number of carbonyl (C=O) groups excluding carboxylic acids is 1. The molecular weight excluding hydrogens is 312 g/mol. The van der Waals surface area contributed by atoms with Crippen LogP contribution in [-0.4, -0.2) is 49.1 Å². The van der Waals surface area contributed by atoms with Crippen LogP contribution in [0.5, 0.6) is 0 Å². The van der Waals surface area contributed by atoms with Crippen molar-refractivity contribution in [3.05, 3.63) is 29.3 Å². The van der Waals surface area contributed by atoms with E-state index in [1.54, 1.807) is 0 Å². The molecule has 3 aliphatic heterocycles. The van der Waals surface area contributed by atoms with Crippen LogP contribution in [0.15, 0.2) is 18.2 Å². The number of nitrogens with zero attached hydrogens (tertiary/aromatic N) is 1. The summed E-state index contributed by atoms with van der Waals surface area (Å²) in [4.78, 5) is 15.7. The van der Waals surface area contributed by atoms with Crippen LogP contribution in [0.25, 0.3) is 0 Å². The SMILES string of the molecule is CC(C)c1ccc2c(c1)C(=O)C1(CCN(CC3CCOCC3)CC1)N2. The van der Waals surface area contributed by atoms with Crippen LogP contribution in [0, 0.1) is 5.92 Å². The zero-order chi connectivity index (χ0) is 17.4. The molecule has 0 radical (unpaired) electrons. The van der Waals surface area contributed by atoms with E-state index in [-0.39, 0.29) is 5.54 Å². The summed E-state index contributed by atoms with van der Waals surface area (Å²) in [6.07, 6.45) is 4.20. The van der Waals surface area contributed by atoms with Crippen molar-refractivity contribution in [1.82, 2.24) is 4.90 Å². The number of ether oxygens (including phenoxy) is 1. The zero-order valence-corrected chi connectivity index (χ0v) is 15.5. The summed E-state index contributed by atoms with van der Waals surface area (Å²) >= 11 is 0. The van der Waals surface area contributed by atoms with Gasteiger partial charge in [-0.25, -0.2) is 0 Å². The van der Waals surface area contributed by atoms with Crippen LogP contribution >= 0.6 is 0 Å². The summed E-state index contributed by atoms with van der Waals surface area (Å²) < 4.78 is 5.47. The Hall–Kier alpha value is -1.39. The molecule has 0 amide bonds. The van der Waals surface area contributed by atoms with Gasteiger partial charge in [0.1, 0.15) is 5.54 Å². The molecule has 4 nitrogen and oxygen atoms in total. The normalized spacial score (nSPS) is 23.9. The quantitative estimate of drug-likeness (QED) is 0.910. The van der Waals surface area contributed by atoms with Gasteiger partial charge >= 0.3 is 0 Å². The van der Waals surface area contributed by atoms with E-state index in [4.69, 9.17) is 4.74 Å². The van der Waals surface area contributed by atoms with Gasteiger partial charge in [0.2, 0.25) is 0 Å². The molecule has 3 heterocycles. The van der Waals surface area contributed by atoms with E-state index in [0.717, 1.165) is 62.9 Å². The third-order valence-corrected chi connectivity index (χ3v) is 6.33. The molecule has 1 aromatic rings. The van der Waals surface area contributed by atoms with Crippen LogP contribution in [0.4, 0.5) is 5.69 Å². The Morgan fingerprint density at radius 1 is 1.24 bits per heavy atom. The van der Waals surface area contributed by atoms with E-state index in [9.17, 15) is 4.79 Å². The molecule has 0 atom stereocenters. The summed E-state index contributed by atoms with van der Waals surface area (Å²) in [6, 6.07) is 6.37. The van der Waals surface area contributed by atoms with Crippen molar-refractivity contribution >= 4 is 11.5 Å². The number of carbonyl (C=O) groups is 1. The Morgan fingerprint density at radius 2 is 1.96 bits per heavy atom. The fraction of sp³-hybridized carbons (Fsp3) is 0.667. The molecule has 1 aromatic carbocycles. The minimum atomic E-state index is -0.357. The van der Waals surface area contributed by atoms with Crippen molar-refractivity contribution in [3.63, 3.8) is 0 Å². The topological polar surface area (TPSA) is 41.6 Å². The number of benzene rings is 1. The highest BCUT2D eigenvalue weighted by Crippen LogP contribution is 2.40. The minimum Gasteiger partial charge on any atom is -0.381 e. The number of anilines is 1. The maximum atomic E-state index is 13.1. The number of fused-ring (bicyclic) bond motifs is 1. The van der Waals surface area contributed by atoms with Crippen LogP contribution in [0.1, 0.15) is 61.4 Å². The van der Waals surface area contributed by atoms with Gasteiger partial charge in [-0.15, -0.1) is 0 Å². The predicted molar refractivity (Wildman–Crippen MR) is 100 cm³/mol. The largest absolute Gasteiger partial charge is 0.381 e. The Bertz CT molecular complexity index is 641. The van der Waals surface area contributed by atoms with E-state index in [2.05, 4.69) is 42.3 Å². The fourth-order valence-corrected chi connectivity index (χ4v) is 4.55. The van der Waals surface area contributed by atoms with Crippen molar-refractivity contribution in [2.24, 2.45) is 5.92 Å². The molecule has 25 heavy (non-hydrogen) atoms. The highest BCUT2D eigenvalue weighted by atomic mass is 16.5. The number of ketones is 1. The van der Waals surface area contributed by atoms with E-state index < -0.39 is 0 Å². The molecule has 4 rings (SSSR count). The molecule has 4 heteroatoms. The van der Waals surface area contributed by atoms with Crippen LogP contribution in [0.3, 0.4) is 0 Å². The van der Waals surface area contributed by atoms with Gasteiger partial charge in [0, 0.05) is 44.1 Å². The molecule has 136 valence electrons. The molecule has 0 bridgehead atoms. The first-order valence-electron chi connectivity index (χ1n) is 9.84. The summed E-state index contributed by atoms with van der Waals surface area (Å²) in [5.74, 6) is 1.53. The standard InChI is InChI=1S/C21H30N2O2/c1-15(2)17-3-4-19-18(13-17)20(24)21(22-19)7-9-23(10-8-21)14-16-5-11-25-12-6-16/h3-4,13,15-16,22H,5-12,14H2,1-2H3. The minimum absolute atomic E-state index is 0.315. The molecule has 1 N–H and O–H groups in total. The molecule has 3 aliphatic rings. The summed E-state index contributed by atoms with van der Waals surface area (Å²) in [5.41, 5.74) is 2.84. The second-order valence-electron chi connectivity index (χ2n) is 8.35. The molecular formula is C21H30N2O2. The van der Waals surface area contributed by atoms with Gasteiger partial charge in [-0.1, -0.05) is 19.9 Å². The number of hydrogen-bond acceptors (Lipinski definition) is 4. The number of piperidine rings is 1. The van der Waals surface area contributed by atoms with Crippen molar-refractivity contribution in [2.45, 2.75) is 51.0 Å². The lowest BCUT2D eigenvalue weighted by atomic mass is 9.83. The summed E-state index contributed by atoms with van der Waals surface area (Å²) in [7, 11) is 0. The van der Waals surface area contributed by atoms with Gasteiger partial charge in [0.05, 0.1) is 0 Å². The summed E-state index contributed by atoms with van der Waals surface area (Å²) in [5, 5.41) is 3.59. The lowest BCUT2D eigenvalue weighted by molar-refractivity contribution is 0.0454. The van der Waals surface area contributed by atoms with E-state index in [1.165, 1.54) is 18.4 Å². The van der Waals surface area contributed by atoms with Crippen LogP contribution < -0.4 is 5.32 Å². The molecule has 0 unspecified atom stereocenters. The Kier molecular flexibility index (Phi) is 4.59. The highest BCUT2D eigenvalue weighted by molar-refractivity contribution is 6.13.